The lowest BCUT2D eigenvalue weighted by atomic mass is 10.1. The Kier molecular flexibility index (Phi) is 5.95. The molecule has 0 aliphatic heterocycles. The van der Waals surface area contributed by atoms with E-state index >= 15 is 0 Å². The molecule has 0 unspecified atom stereocenters. The fraction of sp³-hybridized carbons (Fsp3) is 0.769. The van der Waals surface area contributed by atoms with Gasteiger partial charge in [0.2, 0.25) is 5.91 Å². The number of amides is 1. The van der Waals surface area contributed by atoms with Crippen LogP contribution >= 0.6 is 0 Å². The van der Waals surface area contributed by atoms with Crippen LogP contribution in [0.25, 0.3) is 0 Å². The van der Waals surface area contributed by atoms with Crippen LogP contribution in [0.1, 0.15) is 38.5 Å². The van der Waals surface area contributed by atoms with Crippen LogP contribution in [0.15, 0.2) is 0 Å². The predicted molar refractivity (Wildman–Crippen MR) is 65.7 cm³/mol. The van der Waals surface area contributed by atoms with Crippen molar-refractivity contribution in [3.63, 3.8) is 0 Å². The van der Waals surface area contributed by atoms with Crippen LogP contribution in [0.4, 0.5) is 0 Å². The van der Waals surface area contributed by atoms with Crippen molar-refractivity contribution in [2.75, 3.05) is 19.6 Å². The lowest BCUT2D eigenvalue weighted by molar-refractivity contribution is -0.130. The van der Waals surface area contributed by atoms with Gasteiger partial charge in [-0.1, -0.05) is 12.3 Å². The van der Waals surface area contributed by atoms with Crippen molar-refractivity contribution in [1.82, 2.24) is 4.90 Å². The van der Waals surface area contributed by atoms with Gasteiger partial charge in [-0.2, -0.15) is 0 Å². The largest absolute Gasteiger partial charge is 0.331 e. The van der Waals surface area contributed by atoms with Crippen LogP contribution in [0.2, 0.25) is 0 Å². The molecule has 0 aromatic rings. The van der Waals surface area contributed by atoms with E-state index in [1.807, 2.05) is 4.90 Å². The van der Waals surface area contributed by atoms with Crippen molar-refractivity contribution in [3.8, 4) is 12.3 Å². The third-order valence-corrected chi connectivity index (χ3v) is 2.91. The highest BCUT2D eigenvalue weighted by molar-refractivity contribution is 5.76. The van der Waals surface area contributed by atoms with Crippen molar-refractivity contribution in [2.24, 2.45) is 11.7 Å². The number of terminal acetylenes is 1. The molecule has 16 heavy (non-hydrogen) atoms. The standard InChI is InChI=1S/C13H22N2O/c1-2-10-15(11-12-7-8-12)13(16)6-4-3-5-9-14/h1,12H,3-11,14H2. The normalized spacial score (nSPS) is 14.5. The van der Waals surface area contributed by atoms with E-state index in [-0.39, 0.29) is 5.91 Å². The second kappa shape index (κ2) is 7.29. The zero-order valence-electron chi connectivity index (χ0n) is 9.95. The van der Waals surface area contributed by atoms with Gasteiger partial charge in [0.1, 0.15) is 0 Å². The average molecular weight is 222 g/mol. The SMILES string of the molecule is C#CCN(CC1CC1)C(=O)CCCCCN. The van der Waals surface area contributed by atoms with Gasteiger partial charge < -0.3 is 10.6 Å². The summed E-state index contributed by atoms with van der Waals surface area (Å²) in [5.74, 6) is 3.49. The number of carbonyl (C=O) groups is 1. The smallest absolute Gasteiger partial charge is 0.223 e. The minimum absolute atomic E-state index is 0.210. The molecule has 0 spiro atoms. The maximum absolute atomic E-state index is 11.9. The molecule has 0 heterocycles. The van der Waals surface area contributed by atoms with Gasteiger partial charge in [-0.05, 0) is 38.1 Å². The molecule has 1 aliphatic carbocycles. The fourth-order valence-corrected chi connectivity index (χ4v) is 1.73. The molecule has 0 atom stereocenters. The van der Waals surface area contributed by atoms with Gasteiger partial charge in [0.05, 0.1) is 6.54 Å². The van der Waals surface area contributed by atoms with Gasteiger partial charge in [0.25, 0.3) is 0 Å². The monoisotopic (exact) mass is 222 g/mol. The Hall–Kier alpha value is -1.01. The highest BCUT2D eigenvalue weighted by atomic mass is 16.2. The van der Waals surface area contributed by atoms with Crippen molar-refractivity contribution in [3.05, 3.63) is 0 Å². The van der Waals surface area contributed by atoms with Crippen molar-refractivity contribution >= 4 is 5.91 Å². The summed E-state index contributed by atoms with van der Waals surface area (Å²) in [7, 11) is 0. The molecule has 0 bridgehead atoms. The van der Waals surface area contributed by atoms with Gasteiger partial charge in [0, 0.05) is 13.0 Å². The molecule has 1 rings (SSSR count). The second-order valence-electron chi connectivity index (χ2n) is 4.52. The maximum atomic E-state index is 11.9. The quantitative estimate of drug-likeness (QED) is 0.498. The Morgan fingerprint density at radius 1 is 1.38 bits per heavy atom. The molecule has 1 aliphatic rings. The lowest BCUT2D eigenvalue weighted by Gasteiger charge is -2.19. The molecule has 0 radical (unpaired) electrons. The van der Waals surface area contributed by atoms with Crippen molar-refractivity contribution in [2.45, 2.75) is 38.5 Å². The predicted octanol–water partition coefficient (Wildman–Crippen LogP) is 1.38. The summed E-state index contributed by atoms with van der Waals surface area (Å²) in [4.78, 5) is 13.7. The highest BCUT2D eigenvalue weighted by Crippen LogP contribution is 2.29. The summed E-state index contributed by atoms with van der Waals surface area (Å²) in [5, 5.41) is 0. The van der Waals surface area contributed by atoms with Gasteiger partial charge in [-0.25, -0.2) is 0 Å². The van der Waals surface area contributed by atoms with Crippen LogP contribution in [0, 0.1) is 18.3 Å². The maximum Gasteiger partial charge on any atom is 0.223 e. The third-order valence-electron chi connectivity index (χ3n) is 2.91. The topological polar surface area (TPSA) is 46.3 Å². The summed E-state index contributed by atoms with van der Waals surface area (Å²) in [6, 6.07) is 0. The molecule has 0 saturated heterocycles. The number of carbonyl (C=O) groups excluding carboxylic acids is 1. The molecular formula is C13H22N2O. The van der Waals surface area contributed by atoms with E-state index in [9.17, 15) is 4.79 Å². The lowest BCUT2D eigenvalue weighted by Crippen LogP contribution is -2.33. The van der Waals surface area contributed by atoms with Crippen molar-refractivity contribution < 1.29 is 4.79 Å². The number of nitrogens with zero attached hydrogens (tertiary/aromatic N) is 1. The van der Waals surface area contributed by atoms with E-state index in [2.05, 4.69) is 5.92 Å². The Morgan fingerprint density at radius 3 is 2.69 bits per heavy atom. The molecule has 1 fully saturated rings. The van der Waals surface area contributed by atoms with Gasteiger partial charge >= 0.3 is 0 Å². The molecule has 3 heteroatoms. The number of unbranched alkanes of at least 4 members (excludes halogenated alkanes) is 2. The summed E-state index contributed by atoms with van der Waals surface area (Å²) < 4.78 is 0. The average Bonchev–Trinajstić information content (AvgIpc) is 3.07. The number of hydrogen-bond acceptors (Lipinski definition) is 2. The molecule has 1 saturated carbocycles. The summed E-state index contributed by atoms with van der Waals surface area (Å²) in [5.41, 5.74) is 5.41. The number of rotatable bonds is 8. The van der Waals surface area contributed by atoms with Crippen LogP contribution < -0.4 is 5.73 Å². The van der Waals surface area contributed by atoms with Crippen LogP contribution in [0.3, 0.4) is 0 Å². The first-order valence-corrected chi connectivity index (χ1v) is 6.19. The van der Waals surface area contributed by atoms with Gasteiger partial charge in [-0.15, -0.1) is 6.42 Å². The van der Waals surface area contributed by atoms with E-state index < -0.39 is 0 Å². The Bertz CT molecular complexity index is 253. The summed E-state index contributed by atoms with van der Waals surface area (Å²) >= 11 is 0. The Labute approximate surface area is 98.4 Å². The molecule has 3 nitrogen and oxygen atoms in total. The van der Waals surface area contributed by atoms with E-state index in [0.29, 0.717) is 25.4 Å². The molecule has 0 aromatic heterocycles. The molecule has 90 valence electrons. The highest BCUT2D eigenvalue weighted by Gasteiger charge is 2.25. The third kappa shape index (κ3) is 5.18. The minimum Gasteiger partial charge on any atom is -0.331 e. The molecule has 2 N–H and O–H groups in total. The van der Waals surface area contributed by atoms with E-state index in [4.69, 9.17) is 12.2 Å². The minimum atomic E-state index is 0.210. The first-order chi connectivity index (χ1) is 7.77. The van der Waals surface area contributed by atoms with Gasteiger partial charge in [-0.3, -0.25) is 4.79 Å². The molecule has 1 amide bonds. The number of nitrogens with two attached hydrogens (primary N) is 1. The van der Waals surface area contributed by atoms with Gasteiger partial charge in [0.15, 0.2) is 0 Å². The van der Waals surface area contributed by atoms with Crippen LogP contribution in [0.5, 0.6) is 0 Å². The van der Waals surface area contributed by atoms with Crippen molar-refractivity contribution in [1.29, 1.82) is 0 Å². The van der Waals surface area contributed by atoms with E-state index in [1.54, 1.807) is 0 Å². The first-order valence-electron chi connectivity index (χ1n) is 6.19. The van der Waals surface area contributed by atoms with E-state index in [0.717, 1.165) is 25.8 Å². The first kappa shape index (κ1) is 13.1. The van der Waals surface area contributed by atoms with Crippen LogP contribution in [-0.4, -0.2) is 30.4 Å². The fourth-order valence-electron chi connectivity index (χ4n) is 1.73. The Morgan fingerprint density at radius 2 is 2.12 bits per heavy atom. The summed E-state index contributed by atoms with van der Waals surface area (Å²) in [6.45, 7) is 2.04. The van der Waals surface area contributed by atoms with Crippen LogP contribution in [-0.2, 0) is 4.79 Å². The zero-order chi connectivity index (χ0) is 11.8. The summed E-state index contributed by atoms with van der Waals surface area (Å²) in [6.07, 6.45) is 11.4. The molecular weight excluding hydrogens is 200 g/mol. The number of hydrogen-bond donors (Lipinski definition) is 1. The van der Waals surface area contributed by atoms with E-state index in [1.165, 1.54) is 12.8 Å². The molecule has 0 aromatic carbocycles. The Balaban J connectivity index is 2.20. The zero-order valence-corrected chi connectivity index (χ0v) is 9.95. The second-order valence-corrected chi connectivity index (χ2v) is 4.52.